The zero-order chi connectivity index (χ0) is 15.5. The minimum Gasteiger partial charge on any atom is -0.381 e. The van der Waals surface area contributed by atoms with E-state index >= 15 is 0 Å². The zero-order valence-electron chi connectivity index (χ0n) is 13.3. The second kappa shape index (κ2) is 6.76. The summed E-state index contributed by atoms with van der Waals surface area (Å²) >= 11 is 0. The molecule has 2 aliphatic rings. The summed E-state index contributed by atoms with van der Waals surface area (Å²) in [6.07, 6.45) is 13.8. The number of likely N-dealkylation sites (tertiary alicyclic amines) is 1. The van der Waals surface area contributed by atoms with Crippen LogP contribution < -0.4 is 0 Å². The summed E-state index contributed by atoms with van der Waals surface area (Å²) in [5, 5.41) is 0. The summed E-state index contributed by atoms with van der Waals surface area (Å²) in [5.41, 5.74) is 1.10. The summed E-state index contributed by atoms with van der Waals surface area (Å²) in [6.45, 7) is 4.07. The lowest BCUT2D eigenvalue weighted by molar-refractivity contribution is 0.0237. The van der Waals surface area contributed by atoms with E-state index in [1.54, 1.807) is 18.7 Å². The summed E-state index contributed by atoms with van der Waals surface area (Å²) in [5.74, 6) is 1.36. The molecule has 122 valence electrons. The van der Waals surface area contributed by atoms with Crippen molar-refractivity contribution in [2.24, 2.45) is 0 Å². The quantitative estimate of drug-likeness (QED) is 0.868. The summed E-state index contributed by atoms with van der Waals surface area (Å²) in [7, 11) is 0. The number of nitrogens with zero attached hydrogens (tertiary/aromatic N) is 5. The third-order valence-corrected chi connectivity index (χ3v) is 5.00. The van der Waals surface area contributed by atoms with E-state index in [0.717, 1.165) is 44.1 Å². The van der Waals surface area contributed by atoms with E-state index in [4.69, 9.17) is 4.74 Å². The second-order valence-electron chi connectivity index (χ2n) is 6.41. The number of hydrogen-bond donors (Lipinski definition) is 0. The fourth-order valence-corrected chi connectivity index (χ4v) is 3.82. The van der Waals surface area contributed by atoms with Crippen LogP contribution in [0, 0.1) is 0 Å². The van der Waals surface area contributed by atoms with Gasteiger partial charge in [0.2, 0.25) is 0 Å². The average molecular weight is 313 g/mol. The van der Waals surface area contributed by atoms with Gasteiger partial charge in [-0.3, -0.25) is 14.5 Å². The van der Waals surface area contributed by atoms with Crippen molar-refractivity contribution in [1.82, 2.24) is 24.4 Å². The maximum Gasteiger partial charge on any atom is 0.160 e. The predicted octanol–water partition coefficient (Wildman–Crippen LogP) is 2.02. The Hall–Kier alpha value is -1.79. The topological polar surface area (TPSA) is 56.1 Å². The predicted molar refractivity (Wildman–Crippen MR) is 86.5 cm³/mol. The molecular weight excluding hydrogens is 290 g/mol. The van der Waals surface area contributed by atoms with Gasteiger partial charge in [0.05, 0.1) is 5.69 Å². The molecule has 0 N–H and O–H groups in total. The first-order valence-electron chi connectivity index (χ1n) is 8.53. The number of imidazole rings is 1. The molecule has 0 radical (unpaired) electrons. The number of ether oxygens (including phenoxy) is 1. The van der Waals surface area contributed by atoms with Crippen LogP contribution in [0.3, 0.4) is 0 Å². The van der Waals surface area contributed by atoms with Gasteiger partial charge in [-0.05, 0) is 32.2 Å². The van der Waals surface area contributed by atoms with Crippen LogP contribution in [-0.2, 0) is 4.74 Å². The molecule has 23 heavy (non-hydrogen) atoms. The third kappa shape index (κ3) is 3.14. The highest BCUT2D eigenvalue weighted by Gasteiger charge is 2.30. The Kier molecular flexibility index (Phi) is 4.35. The number of hydrogen-bond acceptors (Lipinski definition) is 5. The number of aromatic nitrogens is 4. The first-order valence-corrected chi connectivity index (χ1v) is 8.53. The van der Waals surface area contributed by atoms with Gasteiger partial charge >= 0.3 is 0 Å². The zero-order valence-corrected chi connectivity index (χ0v) is 13.3. The van der Waals surface area contributed by atoms with Crippen molar-refractivity contribution in [3.05, 3.63) is 36.8 Å². The van der Waals surface area contributed by atoms with Gasteiger partial charge in [0.25, 0.3) is 0 Å². The minimum atomic E-state index is 0.442. The molecule has 2 saturated heterocycles. The molecule has 0 bridgehead atoms. The molecule has 0 unspecified atom stereocenters. The van der Waals surface area contributed by atoms with Gasteiger partial charge in [-0.2, -0.15) is 0 Å². The first-order chi connectivity index (χ1) is 11.4. The molecule has 6 heteroatoms. The highest BCUT2D eigenvalue weighted by molar-refractivity contribution is 5.31. The largest absolute Gasteiger partial charge is 0.381 e. The Labute approximate surface area is 136 Å². The summed E-state index contributed by atoms with van der Waals surface area (Å²) in [6, 6.07) is 0.667. The van der Waals surface area contributed by atoms with Gasteiger partial charge in [-0.1, -0.05) is 0 Å². The molecule has 2 fully saturated rings. The van der Waals surface area contributed by atoms with Crippen molar-refractivity contribution in [2.75, 3.05) is 26.3 Å². The standard InChI is InChI=1S/C17H23N5O/c1-2-14(12-21(8-1)15-3-10-23-11-4-15)16-17(20-6-5-19-16)22-9-7-18-13-22/h5-7,9,13-15H,1-4,8,10-12H2/t14-/m1/s1. The van der Waals surface area contributed by atoms with Crippen LogP contribution in [0.4, 0.5) is 0 Å². The van der Waals surface area contributed by atoms with Gasteiger partial charge in [-0.25, -0.2) is 9.97 Å². The van der Waals surface area contributed by atoms with Crippen molar-refractivity contribution in [3.63, 3.8) is 0 Å². The molecule has 0 amide bonds. The molecule has 0 saturated carbocycles. The molecule has 0 aromatic carbocycles. The van der Waals surface area contributed by atoms with Crippen LogP contribution in [0.25, 0.3) is 5.82 Å². The Morgan fingerprint density at radius 1 is 1.04 bits per heavy atom. The van der Waals surface area contributed by atoms with E-state index in [1.165, 1.54) is 19.4 Å². The first kappa shape index (κ1) is 14.8. The fraction of sp³-hybridized carbons (Fsp3) is 0.588. The minimum absolute atomic E-state index is 0.442. The average Bonchev–Trinajstić information content (AvgIpc) is 3.17. The Bertz CT molecular complexity index is 624. The Balaban J connectivity index is 1.56. The molecule has 2 aliphatic heterocycles. The van der Waals surface area contributed by atoms with Crippen molar-refractivity contribution in [3.8, 4) is 5.82 Å². The van der Waals surface area contributed by atoms with E-state index < -0.39 is 0 Å². The molecule has 0 spiro atoms. The van der Waals surface area contributed by atoms with Crippen molar-refractivity contribution in [2.45, 2.75) is 37.6 Å². The highest BCUT2D eigenvalue weighted by Crippen LogP contribution is 2.31. The molecule has 6 nitrogen and oxygen atoms in total. The van der Waals surface area contributed by atoms with Crippen molar-refractivity contribution in [1.29, 1.82) is 0 Å². The fourth-order valence-electron chi connectivity index (χ4n) is 3.82. The van der Waals surface area contributed by atoms with Crippen LogP contribution in [0.1, 0.15) is 37.3 Å². The van der Waals surface area contributed by atoms with E-state index in [-0.39, 0.29) is 0 Å². The van der Waals surface area contributed by atoms with Gasteiger partial charge in [0.15, 0.2) is 5.82 Å². The van der Waals surface area contributed by atoms with E-state index in [2.05, 4.69) is 19.9 Å². The van der Waals surface area contributed by atoms with Gasteiger partial charge in [0.1, 0.15) is 6.33 Å². The lowest BCUT2D eigenvalue weighted by Crippen LogP contribution is -2.44. The molecule has 2 aromatic rings. The smallest absolute Gasteiger partial charge is 0.160 e. The monoisotopic (exact) mass is 313 g/mol. The second-order valence-corrected chi connectivity index (χ2v) is 6.41. The van der Waals surface area contributed by atoms with Crippen molar-refractivity contribution >= 4 is 0 Å². The van der Waals surface area contributed by atoms with Crippen LogP contribution in [0.2, 0.25) is 0 Å². The third-order valence-electron chi connectivity index (χ3n) is 5.00. The maximum absolute atomic E-state index is 5.51. The molecular formula is C17H23N5O. The lowest BCUT2D eigenvalue weighted by Gasteiger charge is -2.39. The number of rotatable bonds is 3. The van der Waals surface area contributed by atoms with E-state index in [9.17, 15) is 0 Å². The van der Waals surface area contributed by atoms with Crippen LogP contribution in [0.5, 0.6) is 0 Å². The number of piperidine rings is 1. The Morgan fingerprint density at radius 3 is 2.74 bits per heavy atom. The normalized spacial score (nSPS) is 23.9. The van der Waals surface area contributed by atoms with E-state index in [1.807, 2.05) is 17.0 Å². The summed E-state index contributed by atoms with van der Waals surface area (Å²) in [4.78, 5) is 16.0. The molecule has 4 heterocycles. The van der Waals surface area contributed by atoms with E-state index in [0.29, 0.717) is 12.0 Å². The highest BCUT2D eigenvalue weighted by atomic mass is 16.5. The molecule has 1 atom stereocenters. The van der Waals surface area contributed by atoms with Crippen LogP contribution in [0.15, 0.2) is 31.1 Å². The van der Waals surface area contributed by atoms with Crippen molar-refractivity contribution < 1.29 is 4.74 Å². The molecule has 2 aromatic heterocycles. The maximum atomic E-state index is 5.51. The molecule has 4 rings (SSSR count). The SMILES string of the molecule is c1cn(-c2nccnc2[C@@H]2CCCN(C3CCOCC3)C2)cn1. The van der Waals surface area contributed by atoms with Gasteiger partial charge in [0, 0.05) is 56.5 Å². The Morgan fingerprint density at radius 2 is 1.91 bits per heavy atom. The van der Waals surface area contributed by atoms with Crippen LogP contribution in [-0.4, -0.2) is 56.8 Å². The molecule has 0 aliphatic carbocycles. The van der Waals surface area contributed by atoms with Gasteiger partial charge in [-0.15, -0.1) is 0 Å². The lowest BCUT2D eigenvalue weighted by atomic mass is 9.92. The summed E-state index contributed by atoms with van der Waals surface area (Å²) < 4.78 is 7.48. The van der Waals surface area contributed by atoms with Crippen LogP contribution >= 0.6 is 0 Å². The van der Waals surface area contributed by atoms with Gasteiger partial charge < -0.3 is 4.74 Å².